The molecule has 2 saturated carbocycles. The van der Waals surface area contributed by atoms with Gasteiger partial charge in [-0.25, -0.2) is 0 Å². The summed E-state index contributed by atoms with van der Waals surface area (Å²) in [5.74, 6) is 4.52. The van der Waals surface area contributed by atoms with Crippen LogP contribution in [0.1, 0.15) is 84.4 Å². The van der Waals surface area contributed by atoms with E-state index in [4.69, 9.17) is 4.74 Å². The fraction of sp³-hybridized carbons (Fsp3) is 0.533. The first kappa shape index (κ1) is 28.0. The number of thiophene rings is 1. The maximum absolute atomic E-state index is 13.3. The highest BCUT2D eigenvalue weighted by molar-refractivity contribution is 7.17. The van der Waals surface area contributed by atoms with Gasteiger partial charge in [-0.3, -0.25) is 20.2 Å². The molecular formula is C30H46N4O3S. The quantitative estimate of drug-likeness (QED) is 0.164. The summed E-state index contributed by atoms with van der Waals surface area (Å²) in [7, 11) is 0. The van der Waals surface area contributed by atoms with Gasteiger partial charge in [-0.05, 0) is 75.0 Å². The lowest BCUT2D eigenvalue weighted by atomic mass is 9.91. The summed E-state index contributed by atoms with van der Waals surface area (Å²) in [6.07, 6.45) is 8.00. The van der Waals surface area contributed by atoms with Crippen molar-refractivity contribution in [2.75, 3.05) is 11.9 Å². The van der Waals surface area contributed by atoms with Gasteiger partial charge in [0.1, 0.15) is 10.8 Å². The van der Waals surface area contributed by atoms with Crippen LogP contribution in [0.25, 0.3) is 0 Å². The second-order valence-corrected chi connectivity index (χ2v) is 11.3. The van der Waals surface area contributed by atoms with Crippen LogP contribution in [0, 0.1) is 23.8 Å². The third-order valence-electron chi connectivity index (χ3n) is 6.97. The van der Waals surface area contributed by atoms with E-state index < -0.39 is 6.35 Å². The number of benzene rings is 1. The van der Waals surface area contributed by atoms with Crippen LogP contribution in [0.5, 0.6) is 5.75 Å². The Hall–Kier alpha value is -3.02. The van der Waals surface area contributed by atoms with Gasteiger partial charge in [-0.15, -0.1) is 11.3 Å². The standard InChI is InChI=1S/C29H36N4O3S.CH4.3H2/c1-2-3-7-16-30-29(36-22-8-5-4-6-9-22)32-21-14-15-24-23(17-21)25(27(35)31-18-19-10-11-19)28(37-24)33-26(34)20-12-13-20;;;;/h4-6,8-9,19-21,29-30,32H,2-3,10-15,17-18H2,1H3,(H,31,35)(H,33,34);1H4;3*1H. The molecule has 38 heavy (non-hydrogen) atoms. The van der Waals surface area contributed by atoms with E-state index in [0.717, 1.165) is 49.8 Å². The van der Waals surface area contributed by atoms with Gasteiger partial charge in [0.25, 0.3) is 5.91 Å². The van der Waals surface area contributed by atoms with Crippen LogP contribution < -0.4 is 26.0 Å². The maximum Gasteiger partial charge on any atom is 0.254 e. The van der Waals surface area contributed by atoms with Crippen LogP contribution >= 0.6 is 11.3 Å². The molecule has 1 heterocycles. The molecule has 5 rings (SSSR count). The highest BCUT2D eigenvalue weighted by Gasteiger charge is 2.34. The molecule has 0 saturated heterocycles. The van der Waals surface area contributed by atoms with Gasteiger partial charge in [0.15, 0.2) is 0 Å². The van der Waals surface area contributed by atoms with Gasteiger partial charge in [0.2, 0.25) is 12.3 Å². The topological polar surface area (TPSA) is 91.5 Å². The molecule has 0 aliphatic heterocycles. The fourth-order valence-electron chi connectivity index (χ4n) is 4.52. The molecule has 8 heteroatoms. The van der Waals surface area contributed by atoms with E-state index >= 15 is 0 Å². The van der Waals surface area contributed by atoms with Crippen molar-refractivity contribution in [3.05, 3.63) is 46.3 Å². The first-order valence-corrected chi connectivity index (χ1v) is 14.4. The predicted octanol–water partition coefficient (Wildman–Crippen LogP) is 5.77. The van der Waals surface area contributed by atoms with Crippen LogP contribution in [0.4, 0.5) is 5.00 Å². The Balaban J connectivity index is 0.00000210. The Morgan fingerprint density at radius 2 is 1.95 bits per heavy atom. The zero-order valence-electron chi connectivity index (χ0n) is 21.4. The summed E-state index contributed by atoms with van der Waals surface area (Å²) in [6, 6.07) is 12.8. The van der Waals surface area contributed by atoms with E-state index in [0.29, 0.717) is 29.4 Å². The summed E-state index contributed by atoms with van der Waals surface area (Å²) in [5.41, 5.74) is 1.70. The molecule has 0 spiro atoms. The average molecular weight is 543 g/mol. The van der Waals surface area contributed by atoms with Crippen molar-refractivity contribution in [2.24, 2.45) is 11.8 Å². The fourth-order valence-corrected chi connectivity index (χ4v) is 5.76. The second-order valence-electron chi connectivity index (χ2n) is 10.2. The van der Waals surface area contributed by atoms with Crippen LogP contribution in [0.3, 0.4) is 0 Å². The van der Waals surface area contributed by atoms with Gasteiger partial charge in [0.05, 0.1) is 5.56 Å². The Bertz CT molecular complexity index is 1180. The molecule has 7 nitrogen and oxygen atoms in total. The molecular weight excluding hydrogens is 496 g/mol. The third kappa shape index (κ3) is 7.52. The lowest BCUT2D eigenvalue weighted by Crippen LogP contribution is -2.51. The van der Waals surface area contributed by atoms with E-state index in [2.05, 4.69) is 40.2 Å². The minimum absolute atomic E-state index is 0. The minimum atomic E-state index is -0.488. The Morgan fingerprint density at radius 3 is 2.66 bits per heavy atom. The van der Waals surface area contributed by atoms with E-state index in [1.54, 1.807) is 11.3 Å². The van der Waals surface area contributed by atoms with E-state index in [1.165, 1.54) is 17.7 Å². The molecule has 0 radical (unpaired) electrons. The van der Waals surface area contributed by atoms with Crippen molar-refractivity contribution in [2.45, 2.75) is 84.5 Å². The van der Waals surface area contributed by atoms with Crippen molar-refractivity contribution in [1.29, 1.82) is 0 Å². The number of carbonyl (C=O) groups excluding carboxylic acids is 2. The molecule has 2 fully saturated rings. The number of ether oxygens (including phenoxy) is 1. The first-order valence-electron chi connectivity index (χ1n) is 13.6. The Morgan fingerprint density at radius 1 is 1.16 bits per heavy atom. The van der Waals surface area contributed by atoms with Gasteiger partial charge in [0, 0.05) is 40.1 Å². The zero-order valence-corrected chi connectivity index (χ0v) is 22.2. The number of fused-ring (bicyclic) bond motifs is 1. The molecule has 0 bridgehead atoms. The minimum Gasteiger partial charge on any atom is -0.457 e. The number of anilines is 1. The molecule has 4 N–H and O–H groups in total. The summed E-state index contributed by atoms with van der Waals surface area (Å²) in [4.78, 5) is 27.1. The highest BCUT2D eigenvalue weighted by Crippen LogP contribution is 2.40. The number of nitrogens with one attached hydrogen (secondary N) is 4. The number of carbonyl (C=O) groups is 2. The van der Waals surface area contributed by atoms with Crippen molar-refractivity contribution in [3.8, 4) is 17.7 Å². The molecule has 1 aromatic heterocycles. The SMILES string of the molecule is C.CCCC#CNC(NC1CCc2sc(NC(=O)C3CC3)c(C(=O)NCC3CC3)c2C1)Oc1ccccc1.[HH].[HH].[HH]. The number of hydrogen-bond acceptors (Lipinski definition) is 6. The van der Waals surface area contributed by atoms with Gasteiger partial charge in [-0.2, -0.15) is 0 Å². The first-order chi connectivity index (χ1) is 18.1. The van der Waals surface area contributed by atoms with Crippen LogP contribution in [0.15, 0.2) is 30.3 Å². The third-order valence-corrected chi connectivity index (χ3v) is 8.18. The number of rotatable bonds is 11. The van der Waals surface area contributed by atoms with Gasteiger partial charge < -0.3 is 15.4 Å². The smallest absolute Gasteiger partial charge is 0.254 e. The van der Waals surface area contributed by atoms with Crippen LogP contribution in [-0.4, -0.2) is 30.8 Å². The summed E-state index contributed by atoms with van der Waals surface area (Å²) >= 11 is 1.57. The molecule has 3 aliphatic rings. The lowest BCUT2D eigenvalue weighted by molar-refractivity contribution is -0.117. The Kier molecular flexibility index (Phi) is 9.70. The number of para-hydroxylation sites is 1. The molecule has 210 valence electrons. The predicted molar refractivity (Wildman–Crippen MR) is 159 cm³/mol. The van der Waals surface area contributed by atoms with E-state index in [9.17, 15) is 9.59 Å². The molecule has 2 amide bonds. The number of hydrogen-bond donors (Lipinski definition) is 4. The molecule has 2 unspecified atom stereocenters. The van der Waals surface area contributed by atoms with E-state index in [1.807, 2.05) is 30.3 Å². The van der Waals surface area contributed by atoms with Crippen molar-refractivity contribution >= 4 is 28.2 Å². The summed E-state index contributed by atoms with van der Waals surface area (Å²) in [6.45, 7) is 2.81. The number of amides is 2. The Labute approximate surface area is 235 Å². The second kappa shape index (κ2) is 13.2. The lowest BCUT2D eigenvalue weighted by Gasteiger charge is -2.29. The monoisotopic (exact) mass is 542 g/mol. The van der Waals surface area contributed by atoms with Gasteiger partial charge >= 0.3 is 0 Å². The highest BCUT2D eigenvalue weighted by atomic mass is 32.1. The van der Waals surface area contributed by atoms with E-state index in [-0.39, 0.29) is 35.5 Å². The summed E-state index contributed by atoms with van der Waals surface area (Å²) in [5, 5.41) is 13.7. The van der Waals surface area contributed by atoms with Crippen LogP contribution in [-0.2, 0) is 17.6 Å². The molecule has 2 atom stereocenters. The summed E-state index contributed by atoms with van der Waals surface area (Å²) < 4.78 is 6.17. The van der Waals surface area contributed by atoms with Crippen molar-refractivity contribution in [3.63, 3.8) is 0 Å². The molecule has 3 aliphatic carbocycles. The largest absolute Gasteiger partial charge is 0.457 e. The number of aryl methyl sites for hydroxylation is 1. The molecule has 1 aromatic carbocycles. The van der Waals surface area contributed by atoms with Crippen LogP contribution in [0.2, 0.25) is 0 Å². The molecule has 2 aromatic rings. The maximum atomic E-state index is 13.3. The van der Waals surface area contributed by atoms with Gasteiger partial charge in [-0.1, -0.05) is 38.5 Å². The average Bonchev–Trinajstić information content (AvgIpc) is 3.83. The van der Waals surface area contributed by atoms with Crippen molar-refractivity contribution < 1.29 is 18.6 Å². The van der Waals surface area contributed by atoms with Crippen molar-refractivity contribution in [1.82, 2.24) is 16.0 Å². The zero-order chi connectivity index (χ0) is 25.6. The number of unbranched alkanes of at least 4 members (excludes halogenated alkanes) is 1. The normalized spacial score (nSPS) is 18.6.